The van der Waals surface area contributed by atoms with Crippen LogP contribution in [0.2, 0.25) is 0 Å². The van der Waals surface area contributed by atoms with E-state index < -0.39 is 30.3 Å². The molecule has 0 saturated heterocycles. The maximum atomic E-state index is 13.3. The van der Waals surface area contributed by atoms with Crippen LogP contribution in [0.4, 0.5) is 4.39 Å². The number of amides is 1. The van der Waals surface area contributed by atoms with E-state index in [4.69, 9.17) is 9.15 Å². The van der Waals surface area contributed by atoms with Crippen molar-refractivity contribution in [2.45, 2.75) is 57.5 Å². The van der Waals surface area contributed by atoms with Gasteiger partial charge in [-0.25, -0.2) is 4.39 Å². The molecule has 1 aromatic carbocycles. The molecule has 0 aliphatic rings. The molecule has 1 unspecified atom stereocenters. The number of methoxy groups -OCH3 is 1. The van der Waals surface area contributed by atoms with Gasteiger partial charge in [-0.1, -0.05) is 45.1 Å². The highest BCUT2D eigenvalue weighted by atomic mass is 19.1. The van der Waals surface area contributed by atoms with Crippen molar-refractivity contribution in [1.29, 1.82) is 0 Å². The topological polar surface area (TPSA) is 112 Å². The second-order valence-electron chi connectivity index (χ2n) is 9.05. The minimum Gasteiger partial charge on any atom is -0.469 e. The zero-order valence-corrected chi connectivity index (χ0v) is 19.4. The molecule has 182 valence electrons. The lowest BCUT2D eigenvalue weighted by Crippen LogP contribution is -2.51. The predicted octanol–water partition coefficient (Wildman–Crippen LogP) is 2.76. The molecular formula is C25H34FNO6. The Balaban J connectivity index is 2.00. The molecule has 0 spiro atoms. The molecule has 0 radical (unpaired) electrons. The van der Waals surface area contributed by atoms with E-state index in [-0.39, 0.29) is 23.7 Å². The molecule has 5 atom stereocenters. The van der Waals surface area contributed by atoms with Crippen molar-refractivity contribution < 1.29 is 33.7 Å². The summed E-state index contributed by atoms with van der Waals surface area (Å²) in [5, 5.41) is 33.6. The maximum absolute atomic E-state index is 13.3. The summed E-state index contributed by atoms with van der Waals surface area (Å²) in [5.74, 6) is -0.529. The molecule has 7 nitrogen and oxygen atoms in total. The lowest BCUT2D eigenvalue weighted by molar-refractivity contribution is -0.148. The van der Waals surface area contributed by atoms with Crippen molar-refractivity contribution in [1.82, 2.24) is 5.32 Å². The minimum atomic E-state index is -1.65. The van der Waals surface area contributed by atoms with Crippen LogP contribution < -0.4 is 5.32 Å². The van der Waals surface area contributed by atoms with E-state index in [1.807, 2.05) is 20.8 Å². The van der Waals surface area contributed by atoms with Crippen molar-refractivity contribution in [3.63, 3.8) is 0 Å². The number of aliphatic hydroxyl groups excluding tert-OH is 3. The Morgan fingerprint density at radius 2 is 1.82 bits per heavy atom. The van der Waals surface area contributed by atoms with Gasteiger partial charge in [-0.3, -0.25) is 4.79 Å². The zero-order valence-electron chi connectivity index (χ0n) is 19.4. The quantitative estimate of drug-likeness (QED) is 0.381. The Hall–Kier alpha value is -2.52. The van der Waals surface area contributed by atoms with E-state index in [0.29, 0.717) is 12.2 Å². The Morgan fingerprint density at radius 1 is 1.15 bits per heavy atom. The molecule has 0 fully saturated rings. The Labute approximate surface area is 193 Å². The van der Waals surface area contributed by atoms with E-state index in [0.717, 1.165) is 5.56 Å². The minimum absolute atomic E-state index is 0.205. The molecule has 33 heavy (non-hydrogen) atoms. The summed E-state index contributed by atoms with van der Waals surface area (Å²) < 4.78 is 23.9. The summed E-state index contributed by atoms with van der Waals surface area (Å²) in [4.78, 5) is 12.6. The maximum Gasteiger partial charge on any atom is 0.251 e. The first-order chi connectivity index (χ1) is 15.5. The second-order valence-corrected chi connectivity index (χ2v) is 9.05. The van der Waals surface area contributed by atoms with Crippen LogP contribution in [0.1, 0.15) is 44.4 Å². The summed E-state index contributed by atoms with van der Waals surface area (Å²) in [5.41, 5.74) is 0.603. The fourth-order valence-electron chi connectivity index (χ4n) is 3.38. The molecule has 1 heterocycles. The highest BCUT2D eigenvalue weighted by Crippen LogP contribution is 2.28. The van der Waals surface area contributed by atoms with Crippen LogP contribution in [0, 0.1) is 11.2 Å². The van der Waals surface area contributed by atoms with Gasteiger partial charge in [0, 0.05) is 19.6 Å². The summed E-state index contributed by atoms with van der Waals surface area (Å²) in [6.45, 7) is 5.97. The molecule has 0 aliphatic heterocycles. The lowest BCUT2D eigenvalue weighted by Gasteiger charge is -2.27. The number of aliphatic hydroxyl groups is 3. The summed E-state index contributed by atoms with van der Waals surface area (Å²) >= 11 is 0. The number of allylic oxidation sites excluding steroid dienone is 1. The summed E-state index contributed by atoms with van der Waals surface area (Å²) in [6, 6.07) is 9.61. The lowest BCUT2D eigenvalue weighted by atomic mass is 9.93. The average Bonchev–Trinajstić information content (AvgIpc) is 3.29. The number of halogens is 1. The van der Waals surface area contributed by atoms with Crippen LogP contribution in [0.3, 0.4) is 0 Å². The molecule has 2 rings (SSSR count). The molecule has 1 aromatic heterocycles. The number of rotatable bonds is 11. The van der Waals surface area contributed by atoms with Gasteiger partial charge in [0.1, 0.15) is 29.9 Å². The standard InChI is InChI=1S/C25H34FNO6/c1-25(2,3)13-11-19(28)21(29)22(30)23(32-4)24(31)27-14-12-18(20-6-5-15-33-20)16-7-9-17(26)10-8-16/h5-11,13,15,18-19,21-23,28-30H,12,14H2,1-4H3,(H,27,31)/b13-11+/t18?,19-,21+,22-,23-/m1/s1. The van der Waals surface area contributed by atoms with Gasteiger partial charge >= 0.3 is 0 Å². The first-order valence-electron chi connectivity index (χ1n) is 10.9. The number of hydrogen-bond donors (Lipinski definition) is 4. The number of ether oxygens (including phenoxy) is 1. The van der Waals surface area contributed by atoms with Crippen LogP contribution in [-0.4, -0.2) is 59.3 Å². The van der Waals surface area contributed by atoms with Gasteiger partial charge in [0.05, 0.1) is 6.26 Å². The first-order valence-corrected chi connectivity index (χ1v) is 10.9. The van der Waals surface area contributed by atoms with Crippen molar-refractivity contribution in [2.24, 2.45) is 5.41 Å². The van der Waals surface area contributed by atoms with Gasteiger partial charge in [-0.05, 0) is 41.7 Å². The average molecular weight is 464 g/mol. The zero-order chi connectivity index (χ0) is 24.6. The third kappa shape index (κ3) is 8.08. The van der Waals surface area contributed by atoms with Gasteiger partial charge in [0.25, 0.3) is 5.91 Å². The number of benzene rings is 1. The number of furan rings is 1. The van der Waals surface area contributed by atoms with Crippen LogP contribution in [0.25, 0.3) is 0 Å². The van der Waals surface area contributed by atoms with Crippen molar-refractivity contribution in [3.8, 4) is 0 Å². The number of carbonyl (C=O) groups is 1. The van der Waals surface area contributed by atoms with E-state index in [2.05, 4.69) is 5.32 Å². The Morgan fingerprint density at radius 3 is 2.36 bits per heavy atom. The van der Waals surface area contributed by atoms with E-state index in [1.54, 1.807) is 36.6 Å². The van der Waals surface area contributed by atoms with Crippen molar-refractivity contribution in [3.05, 3.63) is 72.0 Å². The Kier molecular flexibility index (Phi) is 9.79. The first kappa shape index (κ1) is 26.7. The highest BCUT2D eigenvalue weighted by molar-refractivity contribution is 5.81. The summed E-state index contributed by atoms with van der Waals surface area (Å²) in [7, 11) is 1.24. The van der Waals surface area contributed by atoms with E-state index in [1.165, 1.54) is 25.3 Å². The van der Waals surface area contributed by atoms with Crippen molar-refractivity contribution in [2.75, 3.05) is 13.7 Å². The fourth-order valence-corrected chi connectivity index (χ4v) is 3.38. The molecule has 0 aliphatic carbocycles. The smallest absolute Gasteiger partial charge is 0.251 e. The van der Waals surface area contributed by atoms with Crippen LogP contribution in [0.5, 0.6) is 0 Å². The molecule has 4 N–H and O–H groups in total. The number of hydrogen-bond acceptors (Lipinski definition) is 6. The van der Waals surface area contributed by atoms with Crippen LogP contribution in [-0.2, 0) is 9.53 Å². The SMILES string of the molecule is CO[C@@H](C(=O)NCCC(c1ccc(F)cc1)c1ccco1)[C@H](O)[C@@H](O)[C@H](O)/C=C/C(C)(C)C. The van der Waals surface area contributed by atoms with Gasteiger partial charge in [0.2, 0.25) is 0 Å². The monoisotopic (exact) mass is 463 g/mol. The van der Waals surface area contributed by atoms with Gasteiger partial charge in [-0.2, -0.15) is 0 Å². The molecule has 0 saturated carbocycles. The third-order valence-corrected chi connectivity index (χ3v) is 5.21. The largest absolute Gasteiger partial charge is 0.469 e. The number of nitrogens with one attached hydrogen (secondary N) is 1. The van der Waals surface area contributed by atoms with Crippen LogP contribution >= 0.6 is 0 Å². The van der Waals surface area contributed by atoms with E-state index in [9.17, 15) is 24.5 Å². The van der Waals surface area contributed by atoms with E-state index >= 15 is 0 Å². The van der Waals surface area contributed by atoms with Gasteiger partial charge in [-0.15, -0.1) is 0 Å². The summed E-state index contributed by atoms with van der Waals surface area (Å²) in [6.07, 6.45) is -0.937. The molecule has 2 aromatic rings. The molecular weight excluding hydrogens is 429 g/mol. The third-order valence-electron chi connectivity index (χ3n) is 5.21. The molecule has 1 amide bonds. The Bertz CT molecular complexity index is 875. The van der Waals surface area contributed by atoms with Gasteiger partial charge < -0.3 is 29.8 Å². The number of carbonyl (C=O) groups excluding carboxylic acids is 1. The van der Waals surface area contributed by atoms with Gasteiger partial charge in [0.15, 0.2) is 6.10 Å². The fraction of sp³-hybridized carbons (Fsp3) is 0.480. The van der Waals surface area contributed by atoms with Crippen molar-refractivity contribution >= 4 is 5.91 Å². The van der Waals surface area contributed by atoms with Crippen LogP contribution in [0.15, 0.2) is 59.2 Å². The second kappa shape index (κ2) is 12.1. The normalized spacial score (nSPS) is 16.8. The molecule has 8 heteroatoms. The molecule has 0 bridgehead atoms. The predicted molar refractivity (Wildman–Crippen MR) is 122 cm³/mol. The highest BCUT2D eigenvalue weighted by Gasteiger charge is 2.35.